The molecule has 0 spiro atoms. The lowest BCUT2D eigenvalue weighted by Crippen LogP contribution is -2.48. The molecule has 0 aromatic heterocycles. The van der Waals surface area contributed by atoms with Gasteiger partial charge in [-0.2, -0.15) is 0 Å². The summed E-state index contributed by atoms with van der Waals surface area (Å²) in [5, 5.41) is 5.37. The fraction of sp³-hybridized carbons (Fsp3) is 0.875. The minimum Gasteiger partial charge on any atom is -0.342 e. The Morgan fingerprint density at radius 2 is 2.29 bits per heavy atom. The van der Waals surface area contributed by atoms with Crippen molar-refractivity contribution in [2.45, 2.75) is 26.1 Å². The van der Waals surface area contributed by atoms with Crippen LogP contribution in [0.2, 0.25) is 0 Å². The van der Waals surface area contributed by atoms with E-state index in [2.05, 4.69) is 10.4 Å². The first-order valence-corrected chi connectivity index (χ1v) is 6.37. The predicted octanol–water partition coefficient (Wildman–Crippen LogP) is 0.917. The minimum absolute atomic E-state index is 0.0692. The fourth-order valence-corrected chi connectivity index (χ4v) is 3.43. The van der Waals surface area contributed by atoms with Crippen LogP contribution in [0.25, 0.3) is 0 Å². The van der Waals surface area contributed by atoms with E-state index in [0.29, 0.717) is 12.3 Å². The summed E-state index contributed by atoms with van der Waals surface area (Å²) in [5.74, 6) is -0.156. The van der Waals surface area contributed by atoms with Crippen molar-refractivity contribution in [3.05, 3.63) is 0 Å². The number of amides is 1. The van der Waals surface area contributed by atoms with Gasteiger partial charge in [-0.25, -0.2) is 5.09 Å². The molecule has 2 unspecified atom stereocenters. The molecule has 14 heavy (non-hydrogen) atoms. The Balaban J connectivity index is 2.74. The highest BCUT2D eigenvalue weighted by Gasteiger charge is 2.38. The quantitative estimate of drug-likeness (QED) is 0.694. The van der Waals surface area contributed by atoms with Crippen LogP contribution in [0.15, 0.2) is 0 Å². The van der Waals surface area contributed by atoms with Gasteiger partial charge in [0.05, 0.1) is 6.54 Å². The van der Waals surface area contributed by atoms with Crippen LogP contribution < -0.4 is 10.4 Å². The average Bonchev–Trinajstić information content (AvgIpc) is 2.11. The van der Waals surface area contributed by atoms with Gasteiger partial charge in [0.2, 0.25) is 5.91 Å². The molecular weight excluding hydrogens is 203 g/mol. The molecule has 0 aromatic carbocycles. The molecule has 2 atom stereocenters. The Labute approximate surface area is 84.1 Å². The van der Waals surface area contributed by atoms with Crippen LogP contribution in [0.1, 0.15) is 20.3 Å². The SMILES string of the molecule is COP1(=O)NCC(=O)NC1CC(C)C. The van der Waals surface area contributed by atoms with Gasteiger partial charge in [-0.1, -0.05) is 13.8 Å². The Morgan fingerprint density at radius 3 is 2.79 bits per heavy atom. The lowest BCUT2D eigenvalue weighted by Gasteiger charge is -2.32. The molecule has 0 radical (unpaired) electrons. The van der Waals surface area contributed by atoms with Crippen LogP contribution in [0.5, 0.6) is 0 Å². The third-order valence-corrected chi connectivity index (χ3v) is 4.47. The van der Waals surface area contributed by atoms with E-state index in [-0.39, 0.29) is 12.5 Å². The first-order valence-electron chi connectivity index (χ1n) is 4.68. The highest BCUT2D eigenvalue weighted by molar-refractivity contribution is 7.57. The predicted molar refractivity (Wildman–Crippen MR) is 54.0 cm³/mol. The first-order chi connectivity index (χ1) is 6.48. The number of carbonyl (C=O) groups is 1. The van der Waals surface area contributed by atoms with Gasteiger partial charge in [0.15, 0.2) is 0 Å². The van der Waals surface area contributed by atoms with Crippen LogP contribution in [0.4, 0.5) is 0 Å². The largest absolute Gasteiger partial charge is 0.342 e. The van der Waals surface area contributed by atoms with E-state index in [4.69, 9.17) is 4.52 Å². The molecular formula is C8H17N2O3P. The van der Waals surface area contributed by atoms with Gasteiger partial charge in [-0.3, -0.25) is 9.36 Å². The van der Waals surface area contributed by atoms with E-state index < -0.39 is 13.3 Å². The summed E-state index contributed by atoms with van der Waals surface area (Å²) in [4.78, 5) is 11.1. The highest BCUT2D eigenvalue weighted by Crippen LogP contribution is 2.49. The fourth-order valence-electron chi connectivity index (χ4n) is 1.45. The van der Waals surface area contributed by atoms with E-state index in [1.807, 2.05) is 13.8 Å². The lowest BCUT2D eigenvalue weighted by atomic mass is 10.1. The summed E-state index contributed by atoms with van der Waals surface area (Å²) in [6.45, 7) is 4.10. The van der Waals surface area contributed by atoms with Crippen LogP contribution >= 0.6 is 7.52 Å². The number of hydrogen-bond acceptors (Lipinski definition) is 3. The molecule has 1 amide bonds. The van der Waals surface area contributed by atoms with Gasteiger partial charge in [0, 0.05) is 7.11 Å². The van der Waals surface area contributed by atoms with Crippen molar-refractivity contribution in [2.24, 2.45) is 5.92 Å². The first kappa shape index (κ1) is 11.7. The molecule has 1 aliphatic heterocycles. The molecule has 0 aliphatic carbocycles. The molecule has 5 nitrogen and oxygen atoms in total. The van der Waals surface area contributed by atoms with E-state index in [0.717, 1.165) is 0 Å². The lowest BCUT2D eigenvalue weighted by molar-refractivity contribution is -0.120. The number of nitrogens with one attached hydrogen (secondary N) is 2. The Kier molecular flexibility index (Phi) is 3.70. The molecule has 1 saturated heterocycles. The van der Waals surface area contributed by atoms with Crippen molar-refractivity contribution in [1.29, 1.82) is 0 Å². The van der Waals surface area contributed by atoms with Crippen LogP contribution in [0, 0.1) is 5.92 Å². The molecule has 1 rings (SSSR count). The van der Waals surface area contributed by atoms with Crippen molar-refractivity contribution in [1.82, 2.24) is 10.4 Å². The minimum atomic E-state index is -2.88. The maximum atomic E-state index is 12.1. The summed E-state index contributed by atoms with van der Waals surface area (Å²) < 4.78 is 17.0. The molecule has 0 aromatic rings. The second kappa shape index (κ2) is 4.43. The van der Waals surface area contributed by atoms with Gasteiger partial charge in [-0.15, -0.1) is 0 Å². The van der Waals surface area contributed by atoms with Gasteiger partial charge < -0.3 is 9.84 Å². The number of rotatable bonds is 3. The van der Waals surface area contributed by atoms with Crippen LogP contribution in [0.3, 0.4) is 0 Å². The van der Waals surface area contributed by atoms with Gasteiger partial charge in [0.25, 0.3) is 7.52 Å². The molecule has 1 fully saturated rings. The second-order valence-corrected chi connectivity index (χ2v) is 6.33. The smallest absolute Gasteiger partial charge is 0.291 e. The highest BCUT2D eigenvalue weighted by atomic mass is 31.2. The number of carbonyl (C=O) groups excluding carboxylic acids is 1. The zero-order valence-electron chi connectivity index (χ0n) is 8.74. The van der Waals surface area contributed by atoms with Crippen molar-refractivity contribution in [2.75, 3.05) is 13.7 Å². The molecule has 82 valence electrons. The molecule has 0 saturated carbocycles. The molecule has 6 heteroatoms. The van der Waals surface area contributed by atoms with E-state index in [9.17, 15) is 9.36 Å². The van der Waals surface area contributed by atoms with Gasteiger partial charge in [-0.05, 0) is 12.3 Å². The Hall–Kier alpha value is -0.380. The topological polar surface area (TPSA) is 67.4 Å². The van der Waals surface area contributed by atoms with Crippen molar-refractivity contribution < 1.29 is 13.9 Å². The van der Waals surface area contributed by atoms with Crippen LogP contribution in [-0.4, -0.2) is 25.3 Å². The Bertz CT molecular complexity index is 267. The Morgan fingerprint density at radius 1 is 1.64 bits per heavy atom. The van der Waals surface area contributed by atoms with Crippen molar-refractivity contribution in [3.8, 4) is 0 Å². The number of hydrogen-bond donors (Lipinski definition) is 2. The monoisotopic (exact) mass is 220 g/mol. The maximum absolute atomic E-state index is 12.1. The van der Waals surface area contributed by atoms with Gasteiger partial charge >= 0.3 is 0 Å². The van der Waals surface area contributed by atoms with E-state index >= 15 is 0 Å². The normalized spacial score (nSPS) is 33.1. The summed E-state index contributed by atoms with van der Waals surface area (Å²) in [7, 11) is -1.48. The summed E-state index contributed by atoms with van der Waals surface area (Å²) in [5.41, 5.74) is 0. The summed E-state index contributed by atoms with van der Waals surface area (Å²) in [6.07, 6.45) is 0.657. The summed E-state index contributed by atoms with van der Waals surface area (Å²) >= 11 is 0. The van der Waals surface area contributed by atoms with E-state index in [1.54, 1.807) is 0 Å². The summed E-state index contributed by atoms with van der Waals surface area (Å²) in [6, 6.07) is 0. The molecule has 0 bridgehead atoms. The molecule has 1 heterocycles. The van der Waals surface area contributed by atoms with Crippen molar-refractivity contribution >= 4 is 13.4 Å². The van der Waals surface area contributed by atoms with Crippen molar-refractivity contribution in [3.63, 3.8) is 0 Å². The molecule has 2 N–H and O–H groups in total. The zero-order valence-corrected chi connectivity index (χ0v) is 9.64. The second-order valence-electron chi connectivity index (χ2n) is 3.83. The van der Waals surface area contributed by atoms with Gasteiger partial charge in [0.1, 0.15) is 5.78 Å². The standard InChI is InChI=1S/C8H17N2O3P/c1-6(2)4-8-10-7(11)5-9-14(8,12)13-3/h6,8H,4-5H2,1-3H3,(H,9,12)(H,10,11). The van der Waals surface area contributed by atoms with Crippen LogP contribution in [-0.2, 0) is 13.9 Å². The zero-order chi connectivity index (χ0) is 10.8. The third kappa shape index (κ3) is 2.56. The molecule has 1 aliphatic rings. The maximum Gasteiger partial charge on any atom is 0.291 e. The average molecular weight is 220 g/mol. The van der Waals surface area contributed by atoms with E-state index in [1.165, 1.54) is 7.11 Å². The third-order valence-electron chi connectivity index (χ3n) is 2.16.